The molecule has 0 fully saturated rings. The molecular weight excluding hydrogens is 404 g/mol. The highest BCUT2D eigenvalue weighted by atomic mass is 79.9. The van der Waals surface area contributed by atoms with Crippen LogP contribution in [0, 0.1) is 0 Å². The molecule has 2 aromatic rings. The van der Waals surface area contributed by atoms with Crippen LogP contribution in [-0.4, -0.2) is 41.6 Å². The lowest BCUT2D eigenvalue weighted by Crippen LogP contribution is -2.29. The summed E-state index contributed by atoms with van der Waals surface area (Å²) in [6.45, 7) is 4.20. The molecule has 1 unspecified atom stereocenters. The summed E-state index contributed by atoms with van der Waals surface area (Å²) in [5.74, 6) is 1.26. The van der Waals surface area contributed by atoms with Gasteiger partial charge in [-0.05, 0) is 47.5 Å². The zero-order valence-electron chi connectivity index (χ0n) is 14.9. The van der Waals surface area contributed by atoms with Crippen LogP contribution in [-0.2, 0) is 9.53 Å². The lowest BCUT2D eigenvalue weighted by Gasteiger charge is -2.28. The number of fused-ring (bicyclic) bond motifs is 1. The fraction of sp³-hybridized carbons (Fsp3) is 0.353. The van der Waals surface area contributed by atoms with E-state index in [1.54, 1.807) is 18.7 Å². The molecule has 1 N–H and O–H groups in total. The summed E-state index contributed by atoms with van der Waals surface area (Å²) in [7, 11) is 2.92. The molecule has 0 radical (unpaired) electrons. The third kappa shape index (κ3) is 3.03. The lowest BCUT2D eigenvalue weighted by molar-refractivity contribution is -0.136. The van der Waals surface area contributed by atoms with E-state index in [4.69, 9.17) is 14.2 Å². The first kappa shape index (κ1) is 18.2. The van der Waals surface area contributed by atoms with E-state index in [1.807, 2.05) is 19.1 Å². The molecule has 0 aliphatic carbocycles. The molecule has 8 nitrogen and oxygen atoms in total. The van der Waals surface area contributed by atoms with Crippen LogP contribution in [0.5, 0.6) is 11.5 Å². The fourth-order valence-corrected chi connectivity index (χ4v) is 3.53. The Bertz CT molecular complexity index is 878. The van der Waals surface area contributed by atoms with Crippen molar-refractivity contribution in [2.75, 3.05) is 26.1 Å². The van der Waals surface area contributed by atoms with Crippen molar-refractivity contribution in [1.82, 2.24) is 14.8 Å². The van der Waals surface area contributed by atoms with Crippen molar-refractivity contribution >= 4 is 27.8 Å². The van der Waals surface area contributed by atoms with Crippen LogP contribution in [0.2, 0.25) is 0 Å². The van der Waals surface area contributed by atoms with Crippen LogP contribution in [0.4, 0.5) is 5.95 Å². The minimum atomic E-state index is -0.512. The van der Waals surface area contributed by atoms with Gasteiger partial charge in [0.05, 0.1) is 30.9 Å². The predicted molar refractivity (Wildman–Crippen MR) is 98.4 cm³/mol. The molecule has 1 aromatic carbocycles. The number of nitrogens with zero attached hydrogens (tertiary/aromatic N) is 3. The third-order valence-corrected chi connectivity index (χ3v) is 4.64. The Balaban J connectivity index is 2.20. The van der Waals surface area contributed by atoms with Gasteiger partial charge in [0.15, 0.2) is 11.5 Å². The van der Waals surface area contributed by atoms with E-state index in [2.05, 4.69) is 31.3 Å². The highest BCUT2D eigenvalue weighted by Crippen LogP contribution is 2.42. The van der Waals surface area contributed by atoms with E-state index in [-0.39, 0.29) is 0 Å². The van der Waals surface area contributed by atoms with E-state index in [0.29, 0.717) is 35.3 Å². The van der Waals surface area contributed by atoms with Gasteiger partial charge in [-0.25, -0.2) is 9.48 Å². The van der Waals surface area contributed by atoms with E-state index in [1.165, 1.54) is 13.4 Å². The van der Waals surface area contributed by atoms with Gasteiger partial charge in [-0.15, -0.1) is 0 Å². The number of methoxy groups -OCH3 is 2. The number of hydrogen-bond acceptors (Lipinski definition) is 7. The molecule has 3 rings (SSSR count). The zero-order chi connectivity index (χ0) is 18.8. The van der Waals surface area contributed by atoms with Gasteiger partial charge >= 0.3 is 5.97 Å². The number of anilines is 1. The fourth-order valence-electron chi connectivity index (χ4n) is 2.96. The van der Waals surface area contributed by atoms with E-state index < -0.39 is 12.0 Å². The monoisotopic (exact) mass is 422 g/mol. The Morgan fingerprint density at radius 3 is 2.81 bits per heavy atom. The first-order chi connectivity index (χ1) is 12.5. The molecule has 2 heterocycles. The summed E-state index contributed by atoms with van der Waals surface area (Å²) in [5.41, 5.74) is 1.89. The average molecular weight is 423 g/mol. The van der Waals surface area contributed by atoms with Gasteiger partial charge in [-0.1, -0.05) is 0 Å². The molecule has 26 heavy (non-hydrogen) atoms. The number of ether oxygens (including phenoxy) is 3. The second-order valence-corrected chi connectivity index (χ2v) is 6.41. The topological polar surface area (TPSA) is 87.5 Å². The molecule has 0 amide bonds. The molecular formula is C17H19BrN4O4. The number of carbonyl (C=O) groups excluding carboxylic acids is 1. The minimum absolute atomic E-state index is 0.440. The maximum Gasteiger partial charge on any atom is 0.338 e. The van der Waals surface area contributed by atoms with Gasteiger partial charge in [-0.2, -0.15) is 10.1 Å². The normalized spacial score (nSPS) is 16.0. The predicted octanol–water partition coefficient (Wildman–Crippen LogP) is 2.91. The smallest absolute Gasteiger partial charge is 0.338 e. The van der Waals surface area contributed by atoms with Gasteiger partial charge in [-0.3, -0.25) is 0 Å². The molecule has 1 aliphatic heterocycles. The van der Waals surface area contributed by atoms with Crippen molar-refractivity contribution in [2.45, 2.75) is 19.9 Å². The molecule has 1 aliphatic rings. The average Bonchev–Trinajstić information content (AvgIpc) is 3.09. The van der Waals surface area contributed by atoms with Crippen molar-refractivity contribution in [2.24, 2.45) is 0 Å². The second kappa shape index (κ2) is 7.36. The molecule has 0 saturated carbocycles. The van der Waals surface area contributed by atoms with E-state index in [0.717, 1.165) is 10.0 Å². The molecule has 1 atom stereocenters. The number of carbonyl (C=O) groups is 1. The summed E-state index contributed by atoms with van der Waals surface area (Å²) >= 11 is 3.53. The van der Waals surface area contributed by atoms with Crippen LogP contribution < -0.4 is 14.8 Å². The third-order valence-electron chi connectivity index (χ3n) is 4.06. The molecule has 138 valence electrons. The quantitative estimate of drug-likeness (QED) is 0.740. The SMILES string of the molecule is CCOc1c(Br)cc(C2C(C(=O)OC)=C(C)Nc3ncnn32)cc1OC. The first-order valence-corrected chi connectivity index (χ1v) is 8.76. The standard InChI is InChI=1S/C17H19BrN4O4/c1-5-26-15-11(18)6-10(7-12(15)24-3)14-13(16(23)25-4)9(2)21-17-19-8-20-22(14)17/h6-8,14H,5H2,1-4H3,(H,19,20,21). The summed E-state index contributed by atoms with van der Waals surface area (Å²) in [5, 5.41) is 7.35. The summed E-state index contributed by atoms with van der Waals surface area (Å²) in [4.78, 5) is 16.7. The minimum Gasteiger partial charge on any atom is -0.493 e. The van der Waals surface area contributed by atoms with E-state index in [9.17, 15) is 4.79 Å². The lowest BCUT2D eigenvalue weighted by atomic mass is 9.95. The van der Waals surface area contributed by atoms with Gasteiger partial charge in [0.1, 0.15) is 12.4 Å². The summed E-state index contributed by atoms with van der Waals surface area (Å²) in [6, 6.07) is 3.19. The summed E-state index contributed by atoms with van der Waals surface area (Å²) < 4.78 is 18.5. The molecule has 9 heteroatoms. The van der Waals surface area contributed by atoms with Crippen LogP contribution in [0.1, 0.15) is 25.5 Å². The Morgan fingerprint density at radius 2 is 2.15 bits per heavy atom. The maximum atomic E-state index is 12.5. The molecule has 0 saturated heterocycles. The molecule has 0 bridgehead atoms. The van der Waals surface area contributed by atoms with Crippen molar-refractivity contribution in [3.8, 4) is 11.5 Å². The van der Waals surface area contributed by atoms with Gasteiger partial charge in [0.2, 0.25) is 5.95 Å². The van der Waals surface area contributed by atoms with Gasteiger partial charge in [0, 0.05) is 5.70 Å². The Morgan fingerprint density at radius 1 is 1.38 bits per heavy atom. The highest BCUT2D eigenvalue weighted by molar-refractivity contribution is 9.10. The Kier molecular flexibility index (Phi) is 5.17. The van der Waals surface area contributed by atoms with Crippen molar-refractivity contribution in [3.05, 3.63) is 39.8 Å². The van der Waals surface area contributed by atoms with Gasteiger partial charge in [0.25, 0.3) is 0 Å². The number of esters is 1. The van der Waals surface area contributed by atoms with Crippen LogP contribution in [0.15, 0.2) is 34.2 Å². The Labute approximate surface area is 159 Å². The molecule has 1 aromatic heterocycles. The number of aromatic nitrogens is 3. The van der Waals surface area contributed by atoms with Crippen molar-refractivity contribution in [3.63, 3.8) is 0 Å². The van der Waals surface area contributed by atoms with Crippen LogP contribution >= 0.6 is 15.9 Å². The Hall–Kier alpha value is -2.55. The number of halogens is 1. The van der Waals surface area contributed by atoms with E-state index >= 15 is 0 Å². The van der Waals surface area contributed by atoms with Crippen LogP contribution in [0.3, 0.4) is 0 Å². The first-order valence-electron chi connectivity index (χ1n) is 7.97. The van der Waals surface area contributed by atoms with Crippen LogP contribution in [0.25, 0.3) is 0 Å². The summed E-state index contributed by atoms with van der Waals surface area (Å²) in [6.07, 6.45) is 1.43. The number of benzene rings is 1. The second-order valence-electron chi connectivity index (χ2n) is 5.55. The molecule has 0 spiro atoms. The number of allylic oxidation sites excluding steroid dienone is 1. The van der Waals surface area contributed by atoms with Crippen molar-refractivity contribution in [1.29, 1.82) is 0 Å². The van der Waals surface area contributed by atoms with Gasteiger partial charge < -0.3 is 19.5 Å². The maximum absolute atomic E-state index is 12.5. The highest BCUT2D eigenvalue weighted by Gasteiger charge is 2.35. The number of nitrogens with one attached hydrogen (secondary N) is 1. The largest absolute Gasteiger partial charge is 0.493 e. The number of rotatable bonds is 5. The zero-order valence-corrected chi connectivity index (χ0v) is 16.5. The van der Waals surface area contributed by atoms with Crippen molar-refractivity contribution < 1.29 is 19.0 Å². The number of hydrogen-bond donors (Lipinski definition) is 1.